The Morgan fingerprint density at radius 3 is 2.80 bits per heavy atom. The Morgan fingerprint density at radius 2 is 2.20 bits per heavy atom. The van der Waals surface area contributed by atoms with E-state index in [9.17, 15) is 0 Å². The third-order valence-electron chi connectivity index (χ3n) is 2.27. The number of allylic oxidation sites excluding steroid dienone is 1. The van der Waals surface area contributed by atoms with Crippen molar-refractivity contribution in [1.29, 1.82) is 0 Å². The highest BCUT2D eigenvalue weighted by Crippen LogP contribution is 2.19. The fraction of sp³-hybridized carbons (Fsp3) is 0.385. The minimum atomic E-state index is 0.314. The van der Waals surface area contributed by atoms with E-state index in [4.69, 9.17) is 9.47 Å². The lowest BCUT2D eigenvalue weighted by Crippen LogP contribution is -2.00. The molecule has 2 nitrogen and oxygen atoms in total. The zero-order valence-electron chi connectivity index (χ0n) is 8.98. The second-order valence-corrected chi connectivity index (χ2v) is 3.61. The van der Waals surface area contributed by atoms with Crippen LogP contribution in [0, 0.1) is 0 Å². The van der Waals surface area contributed by atoms with Gasteiger partial charge in [0.2, 0.25) is 0 Å². The number of hydrogen-bond acceptors (Lipinski definition) is 2. The monoisotopic (exact) mass is 204 g/mol. The third-order valence-corrected chi connectivity index (χ3v) is 2.27. The quantitative estimate of drug-likeness (QED) is 0.543. The lowest BCUT2D eigenvalue weighted by molar-refractivity contribution is 0.233. The van der Waals surface area contributed by atoms with Crippen LogP contribution in [-0.4, -0.2) is 19.3 Å². The number of rotatable bonds is 5. The van der Waals surface area contributed by atoms with Crippen LogP contribution in [0.25, 0.3) is 5.76 Å². The van der Waals surface area contributed by atoms with Crippen molar-refractivity contribution in [2.45, 2.75) is 19.4 Å². The van der Waals surface area contributed by atoms with Crippen LogP contribution in [-0.2, 0) is 9.47 Å². The molecule has 1 saturated heterocycles. The topological polar surface area (TPSA) is 21.8 Å². The molecular weight excluding hydrogens is 188 g/mol. The largest absolute Gasteiger partial charge is 0.491 e. The van der Waals surface area contributed by atoms with Crippen LogP contribution in [0.1, 0.15) is 18.9 Å². The number of benzene rings is 1. The minimum absolute atomic E-state index is 0.314. The summed E-state index contributed by atoms with van der Waals surface area (Å²) in [5, 5.41) is 0. The SMILES string of the molecule is CCC=C(OCC1CO1)c1ccccc1. The molecule has 0 radical (unpaired) electrons. The maximum Gasteiger partial charge on any atom is 0.122 e. The molecule has 80 valence electrons. The van der Waals surface area contributed by atoms with Crippen molar-refractivity contribution < 1.29 is 9.47 Å². The van der Waals surface area contributed by atoms with E-state index in [1.165, 1.54) is 0 Å². The van der Waals surface area contributed by atoms with E-state index in [0.29, 0.717) is 12.7 Å². The van der Waals surface area contributed by atoms with Crippen LogP contribution in [0.3, 0.4) is 0 Å². The summed E-state index contributed by atoms with van der Waals surface area (Å²) >= 11 is 0. The Hall–Kier alpha value is -1.28. The summed E-state index contributed by atoms with van der Waals surface area (Å²) < 4.78 is 10.8. The van der Waals surface area contributed by atoms with Gasteiger partial charge in [0.1, 0.15) is 18.5 Å². The highest BCUT2D eigenvalue weighted by Gasteiger charge is 2.23. The highest BCUT2D eigenvalue weighted by atomic mass is 16.6. The lowest BCUT2D eigenvalue weighted by atomic mass is 10.1. The first-order valence-corrected chi connectivity index (χ1v) is 5.40. The Bertz CT molecular complexity index is 326. The first-order chi connectivity index (χ1) is 7.40. The standard InChI is InChI=1S/C13H16O2/c1-2-6-13(15-10-12-9-14-12)11-7-4-3-5-8-11/h3-8,12H,2,9-10H2,1H3. The van der Waals surface area contributed by atoms with Gasteiger partial charge in [-0.05, 0) is 12.5 Å². The molecule has 15 heavy (non-hydrogen) atoms. The van der Waals surface area contributed by atoms with Crippen molar-refractivity contribution in [3.05, 3.63) is 42.0 Å². The fourth-order valence-electron chi connectivity index (χ4n) is 1.39. The normalized spacial score (nSPS) is 20.1. The van der Waals surface area contributed by atoms with E-state index < -0.39 is 0 Å². The van der Waals surface area contributed by atoms with Gasteiger partial charge in [-0.25, -0.2) is 0 Å². The summed E-state index contributed by atoms with van der Waals surface area (Å²) in [6, 6.07) is 10.2. The molecule has 1 aliphatic rings. The number of hydrogen-bond donors (Lipinski definition) is 0. The molecule has 1 unspecified atom stereocenters. The van der Waals surface area contributed by atoms with E-state index in [-0.39, 0.29) is 0 Å². The van der Waals surface area contributed by atoms with Crippen molar-refractivity contribution >= 4 is 5.76 Å². The molecule has 1 aromatic carbocycles. The molecule has 1 aromatic rings. The van der Waals surface area contributed by atoms with Gasteiger partial charge in [-0.1, -0.05) is 37.3 Å². The lowest BCUT2D eigenvalue weighted by Gasteiger charge is -2.09. The average Bonchev–Trinajstić information content (AvgIpc) is 3.09. The molecule has 1 atom stereocenters. The van der Waals surface area contributed by atoms with E-state index in [1.54, 1.807) is 0 Å². The van der Waals surface area contributed by atoms with Crippen LogP contribution < -0.4 is 0 Å². The molecule has 1 heterocycles. The minimum Gasteiger partial charge on any atom is -0.491 e. The Labute approximate surface area is 90.5 Å². The first-order valence-electron chi connectivity index (χ1n) is 5.40. The van der Waals surface area contributed by atoms with Crippen molar-refractivity contribution in [1.82, 2.24) is 0 Å². The summed E-state index contributed by atoms with van der Waals surface area (Å²) in [5.41, 5.74) is 1.14. The van der Waals surface area contributed by atoms with Crippen LogP contribution in [0.15, 0.2) is 36.4 Å². The molecular formula is C13H16O2. The number of ether oxygens (including phenoxy) is 2. The van der Waals surface area contributed by atoms with Crippen LogP contribution in [0.5, 0.6) is 0 Å². The summed E-state index contributed by atoms with van der Waals surface area (Å²) in [5.74, 6) is 0.966. The highest BCUT2D eigenvalue weighted by molar-refractivity contribution is 5.59. The number of epoxide rings is 1. The van der Waals surface area contributed by atoms with Gasteiger partial charge in [0, 0.05) is 5.56 Å². The van der Waals surface area contributed by atoms with Gasteiger partial charge in [-0.2, -0.15) is 0 Å². The van der Waals surface area contributed by atoms with Crippen LogP contribution >= 0.6 is 0 Å². The Balaban J connectivity index is 2.01. The molecule has 0 N–H and O–H groups in total. The molecule has 0 saturated carbocycles. The first kappa shape index (κ1) is 10.2. The van der Waals surface area contributed by atoms with E-state index in [1.807, 2.05) is 18.2 Å². The maximum atomic E-state index is 5.73. The predicted octanol–water partition coefficient (Wildman–Crippen LogP) is 2.85. The smallest absolute Gasteiger partial charge is 0.122 e. The molecule has 0 aromatic heterocycles. The molecule has 0 bridgehead atoms. The van der Waals surface area contributed by atoms with E-state index >= 15 is 0 Å². The summed E-state index contributed by atoms with van der Waals surface area (Å²) in [4.78, 5) is 0. The van der Waals surface area contributed by atoms with Crippen LogP contribution in [0.4, 0.5) is 0 Å². The van der Waals surface area contributed by atoms with Gasteiger partial charge >= 0.3 is 0 Å². The van der Waals surface area contributed by atoms with Crippen molar-refractivity contribution in [3.63, 3.8) is 0 Å². The summed E-state index contributed by atoms with van der Waals surface area (Å²) in [6.45, 7) is 3.62. The molecule has 0 amide bonds. The zero-order valence-corrected chi connectivity index (χ0v) is 8.98. The second-order valence-electron chi connectivity index (χ2n) is 3.61. The van der Waals surface area contributed by atoms with Crippen molar-refractivity contribution in [2.75, 3.05) is 13.2 Å². The maximum absolute atomic E-state index is 5.73. The summed E-state index contributed by atoms with van der Waals surface area (Å²) in [6.07, 6.45) is 3.40. The van der Waals surface area contributed by atoms with Gasteiger partial charge < -0.3 is 9.47 Å². The molecule has 2 heteroatoms. The van der Waals surface area contributed by atoms with Gasteiger partial charge in [0.05, 0.1) is 6.61 Å². The average molecular weight is 204 g/mol. The van der Waals surface area contributed by atoms with Gasteiger partial charge in [0.15, 0.2) is 0 Å². The van der Waals surface area contributed by atoms with Crippen molar-refractivity contribution in [2.24, 2.45) is 0 Å². The third kappa shape index (κ3) is 3.10. The van der Waals surface area contributed by atoms with E-state index in [2.05, 4.69) is 25.1 Å². The Kier molecular flexibility index (Phi) is 3.41. The van der Waals surface area contributed by atoms with E-state index in [0.717, 1.165) is 24.4 Å². The summed E-state index contributed by atoms with van der Waals surface area (Å²) in [7, 11) is 0. The van der Waals surface area contributed by atoms with Gasteiger partial charge in [-0.3, -0.25) is 0 Å². The van der Waals surface area contributed by atoms with Gasteiger partial charge in [0.25, 0.3) is 0 Å². The van der Waals surface area contributed by atoms with Crippen LogP contribution in [0.2, 0.25) is 0 Å². The zero-order chi connectivity index (χ0) is 10.5. The molecule has 1 aliphatic heterocycles. The molecule has 0 spiro atoms. The predicted molar refractivity (Wildman–Crippen MR) is 60.4 cm³/mol. The fourth-order valence-corrected chi connectivity index (χ4v) is 1.39. The second kappa shape index (κ2) is 4.99. The molecule has 1 fully saturated rings. The Morgan fingerprint density at radius 1 is 1.47 bits per heavy atom. The van der Waals surface area contributed by atoms with Gasteiger partial charge in [-0.15, -0.1) is 0 Å². The van der Waals surface area contributed by atoms with Crippen molar-refractivity contribution in [3.8, 4) is 0 Å². The molecule has 2 rings (SSSR count). The molecule has 0 aliphatic carbocycles.